The molecule has 2 saturated carbocycles. The average molecular weight is 793 g/mol. The Morgan fingerprint density at radius 3 is 1.36 bits per heavy atom. The van der Waals surface area contributed by atoms with Crippen molar-refractivity contribution in [1.29, 1.82) is 0 Å². The average Bonchev–Trinajstić information content (AvgIpc) is 3.71. The summed E-state index contributed by atoms with van der Waals surface area (Å²) in [4.78, 5) is 0. The summed E-state index contributed by atoms with van der Waals surface area (Å²) in [5, 5.41) is 10.3. The fourth-order valence-corrected chi connectivity index (χ4v) is 8.57. The first-order chi connectivity index (χ1) is 25.7. The van der Waals surface area contributed by atoms with Gasteiger partial charge >= 0.3 is 0 Å². The van der Waals surface area contributed by atoms with Crippen molar-refractivity contribution in [2.45, 2.75) is 194 Å². The Bertz CT molecular complexity index is 1340. The number of fused-ring (bicyclic) bond motifs is 2. The summed E-state index contributed by atoms with van der Waals surface area (Å²) in [6.07, 6.45) is 10.8. The third kappa shape index (κ3) is 15.0. The minimum absolute atomic E-state index is 0. The monoisotopic (exact) mass is 793 g/mol. The van der Waals surface area contributed by atoms with E-state index in [1.54, 1.807) is 7.11 Å². The first kappa shape index (κ1) is 50.2. The SMILES string of the molecule is C.CC(C)C1(O)Cc2ccccc2C1.CC(C)CCC1CCC(F)(F)CC1.COC1(C(C)C)Cc2ccccc2C1.COC1(CCC(C)C)CCC(F)(F)CC1. The fourth-order valence-electron chi connectivity index (χ4n) is 8.57. The largest absolute Gasteiger partial charge is 0.389 e. The summed E-state index contributed by atoms with van der Waals surface area (Å²) in [7, 11) is 3.50. The molecule has 0 amide bonds. The highest BCUT2D eigenvalue weighted by atomic mass is 19.3. The fraction of sp³-hybridized carbons (Fsp3) is 0.755. The number of hydrogen-bond acceptors (Lipinski definition) is 3. The number of alkyl halides is 4. The van der Waals surface area contributed by atoms with E-state index in [-0.39, 0.29) is 44.3 Å². The molecule has 56 heavy (non-hydrogen) atoms. The number of aliphatic hydroxyl groups is 1. The molecule has 6 rings (SSSR count). The second kappa shape index (κ2) is 21.9. The first-order valence-corrected chi connectivity index (χ1v) is 21.4. The Balaban J connectivity index is 0.000000257. The molecule has 1 N–H and O–H groups in total. The minimum atomic E-state index is -2.46. The smallest absolute Gasteiger partial charge is 0.248 e. The standard InChI is InChI=1S/C13H18O.C12H22F2O.C12H16O.C11H20F2.CH4/c1-10(2)13(14-3)8-11-6-4-5-7-12(11)9-13;1-10(2)4-5-11(15-3)6-8-12(13,14)9-7-11;1-9(2)12(13)7-10-5-3-4-6-11(10)8-12;1-9(2)3-4-10-5-7-11(12,13)8-6-10;/h4-7,10H,8-9H2,1-3H3;10H,4-9H2,1-3H3;3-6,9,13H,7-8H2,1-2H3;9-10H,3-8H2,1-2H3;1H4. The minimum Gasteiger partial charge on any atom is -0.389 e. The summed E-state index contributed by atoms with van der Waals surface area (Å²) in [6.45, 7) is 17.4. The van der Waals surface area contributed by atoms with Gasteiger partial charge in [-0.15, -0.1) is 0 Å². The summed E-state index contributed by atoms with van der Waals surface area (Å²) < 4.78 is 62.8. The third-order valence-corrected chi connectivity index (χ3v) is 13.2. The Hall–Kier alpha value is -1.96. The normalized spacial score (nSPS) is 21.1. The first-order valence-electron chi connectivity index (χ1n) is 21.4. The lowest BCUT2D eigenvalue weighted by Gasteiger charge is -2.39. The van der Waals surface area contributed by atoms with Gasteiger partial charge in [0, 0.05) is 65.6 Å². The Labute approximate surface area is 340 Å². The van der Waals surface area contributed by atoms with E-state index in [9.17, 15) is 22.7 Å². The van der Waals surface area contributed by atoms with Gasteiger partial charge in [0.05, 0.1) is 16.8 Å². The predicted molar refractivity (Wildman–Crippen MR) is 227 cm³/mol. The number of methoxy groups -OCH3 is 2. The summed E-state index contributed by atoms with van der Waals surface area (Å²) >= 11 is 0. The van der Waals surface area contributed by atoms with Gasteiger partial charge in [0.2, 0.25) is 11.8 Å². The van der Waals surface area contributed by atoms with Crippen LogP contribution in [0.4, 0.5) is 17.6 Å². The predicted octanol–water partition coefficient (Wildman–Crippen LogP) is 13.9. The van der Waals surface area contributed by atoms with Crippen LogP contribution in [0.3, 0.4) is 0 Å². The van der Waals surface area contributed by atoms with Crippen molar-refractivity contribution in [3.8, 4) is 0 Å². The highest BCUT2D eigenvalue weighted by Gasteiger charge is 2.43. The van der Waals surface area contributed by atoms with E-state index in [1.165, 1.54) is 28.7 Å². The molecule has 322 valence electrons. The van der Waals surface area contributed by atoms with Crippen LogP contribution in [0.1, 0.15) is 162 Å². The van der Waals surface area contributed by atoms with Crippen LogP contribution in [0.2, 0.25) is 0 Å². The van der Waals surface area contributed by atoms with Crippen LogP contribution in [0.25, 0.3) is 0 Å². The second-order valence-corrected chi connectivity index (χ2v) is 18.9. The van der Waals surface area contributed by atoms with Gasteiger partial charge in [-0.3, -0.25) is 0 Å². The van der Waals surface area contributed by atoms with E-state index in [0.29, 0.717) is 42.4 Å². The quantitative estimate of drug-likeness (QED) is 0.244. The van der Waals surface area contributed by atoms with Crippen molar-refractivity contribution < 1.29 is 32.1 Å². The van der Waals surface area contributed by atoms with Gasteiger partial charge in [-0.25, -0.2) is 17.6 Å². The molecule has 4 aliphatic carbocycles. The lowest BCUT2D eigenvalue weighted by molar-refractivity contribution is -0.123. The van der Waals surface area contributed by atoms with Crippen LogP contribution in [-0.2, 0) is 35.2 Å². The Kier molecular flexibility index (Phi) is 19.6. The molecule has 0 aliphatic heterocycles. The van der Waals surface area contributed by atoms with E-state index in [1.807, 2.05) is 19.2 Å². The maximum atomic E-state index is 13.0. The summed E-state index contributed by atoms with van der Waals surface area (Å²) in [5.74, 6) is -2.02. The maximum Gasteiger partial charge on any atom is 0.248 e. The van der Waals surface area contributed by atoms with Crippen LogP contribution in [-0.4, -0.2) is 48.0 Å². The van der Waals surface area contributed by atoms with Crippen molar-refractivity contribution in [1.82, 2.24) is 0 Å². The zero-order chi connectivity index (χ0) is 41.1. The third-order valence-electron chi connectivity index (χ3n) is 13.2. The highest BCUT2D eigenvalue weighted by Crippen LogP contribution is 2.43. The van der Waals surface area contributed by atoms with Gasteiger partial charge in [0.1, 0.15) is 0 Å². The molecule has 2 fully saturated rings. The van der Waals surface area contributed by atoms with Crippen molar-refractivity contribution in [3.63, 3.8) is 0 Å². The molecule has 0 heterocycles. The number of hydrogen-bond donors (Lipinski definition) is 1. The molecule has 4 aliphatic rings. The van der Waals surface area contributed by atoms with Crippen molar-refractivity contribution in [2.24, 2.45) is 29.6 Å². The van der Waals surface area contributed by atoms with E-state index >= 15 is 0 Å². The molecule has 0 spiro atoms. The molecular weight excluding hydrogens is 713 g/mol. The molecule has 0 atom stereocenters. The number of halogens is 4. The Morgan fingerprint density at radius 1 is 0.589 bits per heavy atom. The van der Waals surface area contributed by atoms with Crippen LogP contribution >= 0.6 is 0 Å². The number of rotatable bonds is 10. The van der Waals surface area contributed by atoms with Crippen LogP contribution in [0, 0.1) is 29.6 Å². The van der Waals surface area contributed by atoms with Gasteiger partial charge < -0.3 is 14.6 Å². The highest BCUT2D eigenvalue weighted by molar-refractivity contribution is 5.36. The van der Waals surface area contributed by atoms with Gasteiger partial charge in [0.15, 0.2) is 0 Å². The number of benzene rings is 2. The van der Waals surface area contributed by atoms with Crippen LogP contribution in [0.15, 0.2) is 48.5 Å². The van der Waals surface area contributed by atoms with E-state index < -0.39 is 17.4 Å². The van der Waals surface area contributed by atoms with Crippen molar-refractivity contribution >= 4 is 0 Å². The van der Waals surface area contributed by atoms with Gasteiger partial charge in [-0.1, -0.05) is 124 Å². The van der Waals surface area contributed by atoms with E-state index in [2.05, 4.69) is 91.8 Å². The molecule has 0 bridgehead atoms. The molecule has 2 aromatic carbocycles. The molecule has 0 aromatic heterocycles. The van der Waals surface area contributed by atoms with Crippen molar-refractivity contribution in [2.75, 3.05) is 14.2 Å². The molecule has 3 nitrogen and oxygen atoms in total. The molecule has 2 aromatic rings. The van der Waals surface area contributed by atoms with Gasteiger partial charge in [0.25, 0.3) is 0 Å². The summed E-state index contributed by atoms with van der Waals surface area (Å²) in [6, 6.07) is 17.0. The maximum absolute atomic E-state index is 13.0. The molecule has 7 heteroatoms. The molecule has 0 unspecified atom stereocenters. The summed E-state index contributed by atoms with van der Waals surface area (Å²) in [5.41, 5.74) is 4.84. The Morgan fingerprint density at radius 2 is 1.00 bits per heavy atom. The lowest BCUT2D eigenvalue weighted by atomic mass is 9.78. The van der Waals surface area contributed by atoms with Gasteiger partial charge in [-0.2, -0.15) is 0 Å². The number of ether oxygens (including phenoxy) is 2. The molecule has 0 radical (unpaired) electrons. The van der Waals surface area contributed by atoms with Crippen molar-refractivity contribution in [3.05, 3.63) is 70.8 Å². The molecular formula is C49H80F4O3. The molecule has 0 saturated heterocycles. The zero-order valence-corrected chi connectivity index (χ0v) is 36.1. The van der Waals surface area contributed by atoms with Crippen LogP contribution < -0.4 is 0 Å². The zero-order valence-electron chi connectivity index (χ0n) is 36.1. The topological polar surface area (TPSA) is 38.7 Å². The van der Waals surface area contributed by atoms with E-state index in [4.69, 9.17) is 9.47 Å². The van der Waals surface area contributed by atoms with Gasteiger partial charge in [-0.05, 0) is 90.4 Å². The lowest BCUT2D eigenvalue weighted by Crippen LogP contribution is -2.40. The second-order valence-electron chi connectivity index (χ2n) is 18.9. The van der Waals surface area contributed by atoms with E-state index in [0.717, 1.165) is 57.8 Å². The van der Waals surface area contributed by atoms with Crippen LogP contribution in [0.5, 0.6) is 0 Å².